The van der Waals surface area contributed by atoms with E-state index in [0.29, 0.717) is 32.2 Å². The lowest BCUT2D eigenvalue weighted by Crippen LogP contribution is -2.57. The second-order valence-electron chi connectivity index (χ2n) is 6.78. The van der Waals surface area contributed by atoms with Gasteiger partial charge in [-0.1, -0.05) is 26.0 Å². The molecule has 0 radical (unpaired) electrons. The molecule has 27 heavy (non-hydrogen) atoms. The van der Waals surface area contributed by atoms with Gasteiger partial charge in [0.1, 0.15) is 25.8 Å². The first-order valence-corrected chi connectivity index (χ1v) is 9.45. The van der Waals surface area contributed by atoms with Gasteiger partial charge in [0, 0.05) is 14.2 Å². The van der Waals surface area contributed by atoms with E-state index in [1.54, 1.807) is 24.0 Å². The van der Waals surface area contributed by atoms with Crippen LogP contribution in [0.4, 0.5) is 4.79 Å². The molecule has 0 bridgehead atoms. The summed E-state index contributed by atoms with van der Waals surface area (Å²) in [6, 6.07) is 8.13. The summed E-state index contributed by atoms with van der Waals surface area (Å²) < 4.78 is 21.9. The Morgan fingerprint density at radius 2 is 1.63 bits per heavy atom. The van der Waals surface area contributed by atoms with Gasteiger partial charge in [-0.15, -0.1) is 0 Å². The van der Waals surface area contributed by atoms with Crippen molar-refractivity contribution >= 4 is 6.03 Å². The lowest BCUT2D eigenvalue weighted by atomic mass is 9.99. The third kappa shape index (κ3) is 6.37. The summed E-state index contributed by atoms with van der Waals surface area (Å²) in [6.45, 7) is 6.78. The van der Waals surface area contributed by atoms with Gasteiger partial charge in [0.15, 0.2) is 0 Å². The SMILES string of the molecule is CCC(C)c1ccc(OCCOC2CN(COC)C(=O)N(COC)C2)cc1. The summed E-state index contributed by atoms with van der Waals surface area (Å²) in [5, 5.41) is 0. The van der Waals surface area contributed by atoms with Gasteiger partial charge >= 0.3 is 6.03 Å². The van der Waals surface area contributed by atoms with Crippen molar-refractivity contribution in [3.05, 3.63) is 29.8 Å². The van der Waals surface area contributed by atoms with Gasteiger partial charge in [-0.25, -0.2) is 4.79 Å². The highest BCUT2D eigenvalue weighted by Crippen LogP contribution is 2.21. The fraction of sp³-hybridized carbons (Fsp3) is 0.650. The molecule has 152 valence electrons. The number of carbonyl (C=O) groups is 1. The van der Waals surface area contributed by atoms with Crippen LogP contribution in [0.3, 0.4) is 0 Å². The Labute approximate surface area is 162 Å². The van der Waals surface area contributed by atoms with Crippen LogP contribution in [0.5, 0.6) is 5.75 Å². The molecule has 2 amide bonds. The maximum atomic E-state index is 12.3. The van der Waals surface area contributed by atoms with E-state index in [1.807, 2.05) is 12.1 Å². The zero-order chi connectivity index (χ0) is 19.6. The van der Waals surface area contributed by atoms with Crippen molar-refractivity contribution in [2.45, 2.75) is 32.3 Å². The Bertz CT molecular complexity index is 548. The molecule has 0 N–H and O–H groups in total. The Morgan fingerprint density at radius 3 is 2.15 bits per heavy atom. The number of ether oxygens (including phenoxy) is 4. The van der Waals surface area contributed by atoms with Crippen LogP contribution in [0.2, 0.25) is 0 Å². The van der Waals surface area contributed by atoms with Gasteiger partial charge in [0.25, 0.3) is 0 Å². The number of hydrogen-bond donors (Lipinski definition) is 0. The number of nitrogens with zero attached hydrogens (tertiary/aromatic N) is 2. The molecule has 7 heteroatoms. The number of amides is 2. The number of hydrogen-bond acceptors (Lipinski definition) is 5. The molecule has 7 nitrogen and oxygen atoms in total. The molecule has 0 saturated carbocycles. The highest BCUT2D eigenvalue weighted by Gasteiger charge is 2.32. The van der Waals surface area contributed by atoms with E-state index in [2.05, 4.69) is 26.0 Å². The number of benzene rings is 1. The summed E-state index contributed by atoms with van der Waals surface area (Å²) in [6.07, 6.45) is 1.02. The highest BCUT2D eigenvalue weighted by atomic mass is 16.5. The van der Waals surface area contributed by atoms with Crippen molar-refractivity contribution in [3.63, 3.8) is 0 Å². The first-order valence-electron chi connectivity index (χ1n) is 9.45. The minimum Gasteiger partial charge on any atom is -0.491 e. The van der Waals surface area contributed by atoms with Crippen LogP contribution >= 0.6 is 0 Å². The van der Waals surface area contributed by atoms with Crippen LogP contribution in [-0.4, -0.2) is 75.9 Å². The van der Waals surface area contributed by atoms with Crippen LogP contribution in [-0.2, 0) is 14.2 Å². The molecule has 1 atom stereocenters. The van der Waals surface area contributed by atoms with Gasteiger partial charge < -0.3 is 18.9 Å². The smallest absolute Gasteiger partial charge is 0.323 e. The standard InChI is InChI=1S/C20H32N2O5/c1-5-16(2)17-6-8-18(9-7-17)26-10-11-27-19-12-21(14-24-3)20(23)22(13-19)15-25-4/h6-9,16,19H,5,10-15H2,1-4H3. The Hall–Kier alpha value is -1.83. The van der Waals surface area contributed by atoms with Crippen LogP contribution in [0.1, 0.15) is 31.7 Å². The molecular weight excluding hydrogens is 348 g/mol. The summed E-state index contributed by atoms with van der Waals surface area (Å²) in [4.78, 5) is 15.5. The molecule has 1 unspecified atom stereocenters. The van der Waals surface area contributed by atoms with Crippen molar-refractivity contribution in [1.29, 1.82) is 0 Å². The predicted molar refractivity (Wildman–Crippen MR) is 103 cm³/mol. The molecule has 1 aliphatic heterocycles. The number of rotatable bonds is 11. The lowest BCUT2D eigenvalue weighted by Gasteiger charge is -2.39. The van der Waals surface area contributed by atoms with Crippen LogP contribution in [0.25, 0.3) is 0 Å². The van der Waals surface area contributed by atoms with Crippen LogP contribution in [0.15, 0.2) is 24.3 Å². The van der Waals surface area contributed by atoms with E-state index in [0.717, 1.165) is 12.2 Å². The Kier molecular flexibility index (Phi) is 8.84. The van der Waals surface area contributed by atoms with E-state index in [-0.39, 0.29) is 25.6 Å². The predicted octanol–water partition coefficient (Wildman–Crippen LogP) is 2.91. The van der Waals surface area contributed by atoms with Crippen molar-refractivity contribution in [2.75, 3.05) is 54.0 Å². The average Bonchev–Trinajstić information content (AvgIpc) is 2.69. The molecule has 1 aromatic rings. The van der Waals surface area contributed by atoms with Gasteiger partial charge in [-0.3, -0.25) is 9.80 Å². The second-order valence-corrected chi connectivity index (χ2v) is 6.78. The van der Waals surface area contributed by atoms with Gasteiger partial charge in [0.2, 0.25) is 0 Å². The van der Waals surface area contributed by atoms with Crippen molar-refractivity contribution in [2.24, 2.45) is 0 Å². The fourth-order valence-corrected chi connectivity index (χ4v) is 3.04. The van der Waals surface area contributed by atoms with Gasteiger partial charge in [0.05, 0.1) is 25.8 Å². The maximum absolute atomic E-state index is 12.3. The minimum absolute atomic E-state index is 0.101. The second kappa shape index (κ2) is 11.1. The molecule has 1 aliphatic rings. The van der Waals surface area contributed by atoms with E-state index in [4.69, 9.17) is 18.9 Å². The molecule has 1 saturated heterocycles. The molecule has 2 rings (SSSR count). The van der Waals surface area contributed by atoms with Gasteiger partial charge in [-0.05, 0) is 30.0 Å². The normalized spacial score (nSPS) is 16.7. The largest absolute Gasteiger partial charge is 0.491 e. The zero-order valence-electron chi connectivity index (χ0n) is 16.8. The molecule has 1 fully saturated rings. The lowest BCUT2D eigenvalue weighted by molar-refractivity contribution is -0.0584. The van der Waals surface area contributed by atoms with E-state index in [9.17, 15) is 4.79 Å². The molecule has 0 spiro atoms. The van der Waals surface area contributed by atoms with Crippen molar-refractivity contribution < 1.29 is 23.7 Å². The van der Waals surface area contributed by atoms with Crippen molar-refractivity contribution in [1.82, 2.24) is 9.80 Å². The minimum atomic E-state index is -0.107. The third-order valence-electron chi connectivity index (χ3n) is 4.73. The molecule has 0 aromatic heterocycles. The summed E-state index contributed by atoms with van der Waals surface area (Å²) >= 11 is 0. The zero-order valence-corrected chi connectivity index (χ0v) is 16.8. The van der Waals surface area contributed by atoms with E-state index >= 15 is 0 Å². The van der Waals surface area contributed by atoms with Gasteiger partial charge in [-0.2, -0.15) is 0 Å². The molecule has 0 aliphatic carbocycles. The number of carbonyl (C=O) groups excluding carboxylic acids is 1. The third-order valence-corrected chi connectivity index (χ3v) is 4.73. The first-order chi connectivity index (χ1) is 13.1. The number of methoxy groups -OCH3 is 2. The monoisotopic (exact) mass is 380 g/mol. The van der Waals surface area contributed by atoms with E-state index in [1.165, 1.54) is 5.56 Å². The Morgan fingerprint density at radius 1 is 1.04 bits per heavy atom. The number of urea groups is 1. The van der Waals surface area contributed by atoms with Crippen LogP contribution in [0, 0.1) is 0 Å². The van der Waals surface area contributed by atoms with E-state index < -0.39 is 0 Å². The maximum Gasteiger partial charge on any atom is 0.323 e. The molecular formula is C20H32N2O5. The Balaban J connectivity index is 1.77. The first kappa shape index (κ1) is 21.5. The topological polar surface area (TPSA) is 60.5 Å². The van der Waals surface area contributed by atoms with Crippen LogP contribution < -0.4 is 4.74 Å². The summed E-state index contributed by atoms with van der Waals surface area (Å²) in [5.41, 5.74) is 1.32. The highest BCUT2D eigenvalue weighted by molar-refractivity contribution is 5.75. The molecule has 1 heterocycles. The molecule has 1 aromatic carbocycles. The fourth-order valence-electron chi connectivity index (χ4n) is 3.04. The summed E-state index contributed by atoms with van der Waals surface area (Å²) in [7, 11) is 3.14. The average molecular weight is 380 g/mol. The van der Waals surface area contributed by atoms with Crippen molar-refractivity contribution in [3.8, 4) is 5.75 Å². The summed E-state index contributed by atoms with van der Waals surface area (Å²) in [5.74, 6) is 1.40. The quantitative estimate of drug-likeness (QED) is 0.553.